The van der Waals surface area contributed by atoms with Gasteiger partial charge >= 0.3 is 0 Å². The molecule has 8 heteroatoms. The summed E-state index contributed by atoms with van der Waals surface area (Å²) in [5, 5.41) is 9.07. The van der Waals surface area contributed by atoms with Gasteiger partial charge < -0.3 is 0 Å². The quantitative estimate of drug-likeness (QED) is 0.547. The van der Waals surface area contributed by atoms with Crippen molar-refractivity contribution in [2.45, 2.75) is 5.16 Å². The monoisotopic (exact) mass is 321 g/mol. The number of rotatable bonds is 3. The molecule has 0 aliphatic carbocycles. The third kappa shape index (κ3) is 2.74. The number of nitrogens with zero attached hydrogens (tertiary/aromatic N) is 5. The SMILES string of the molecule is CSc1nnc(-c2ccc(F)cc2)n1-c1ccnc(Cl)n1. The van der Waals surface area contributed by atoms with E-state index in [9.17, 15) is 4.39 Å². The summed E-state index contributed by atoms with van der Waals surface area (Å²) in [5.74, 6) is 0.817. The van der Waals surface area contributed by atoms with Crippen LogP contribution in [0.5, 0.6) is 0 Å². The molecule has 21 heavy (non-hydrogen) atoms. The maximum absolute atomic E-state index is 13.1. The average Bonchev–Trinajstić information content (AvgIpc) is 2.92. The van der Waals surface area contributed by atoms with Crippen molar-refractivity contribution in [3.8, 4) is 17.2 Å². The number of hydrogen-bond donors (Lipinski definition) is 0. The molecule has 0 N–H and O–H groups in total. The summed E-state index contributed by atoms with van der Waals surface area (Å²) >= 11 is 7.27. The Morgan fingerprint density at radius 1 is 1.14 bits per heavy atom. The van der Waals surface area contributed by atoms with Crippen molar-refractivity contribution in [3.63, 3.8) is 0 Å². The molecular weight excluding hydrogens is 313 g/mol. The largest absolute Gasteiger partial charge is 0.253 e. The second-order valence-electron chi connectivity index (χ2n) is 4.04. The molecule has 0 fully saturated rings. The van der Waals surface area contributed by atoms with Gasteiger partial charge in [0.1, 0.15) is 11.6 Å². The van der Waals surface area contributed by atoms with Crippen LogP contribution in [0, 0.1) is 5.82 Å². The molecule has 106 valence electrons. The van der Waals surface area contributed by atoms with E-state index < -0.39 is 0 Å². The van der Waals surface area contributed by atoms with Crippen LogP contribution in [0.3, 0.4) is 0 Å². The van der Waals surface area contributed by atoms with Gasteiger partial charge in [-0.15, -0.1) is 10.2 Å². The van der Waals surface area contributed by atoms with Gasteiger partial charge in [-0.25, -0.2) is 9.37 Å². The lowest BCUT2D eigenvalue weighted by molar-refractivity contribution is 0.628. The van der Waals surface area contributed by atoms with E-state index in [-0.39, 0.29) is 11.1 Å². The molecule has 2 aromatic heterocycles. The molecule has 0 atom stereocenters. The third-order valence-electron chi connectivity index (χ3n) is 2.76. The predicted molar refractivity (Wildman–Crippen MR) is 79.1 cm³/mol. The van der Waals surface area contributed by atoms with Gasteiger partial charge in [-0.1, -0.05) is 11.8 Å². The lowest BCUT2D eigenvalue weighted by Crippen LogP contribution is -2.02. The first kappa shape index (κ1) is 14.0. The lowest BCUT2D eigenvalue weighted by atomic mass is 10.2. The molecule has 1 aromatic carbocycles. The molecule has 0 aliphatic rings. The second kappa shape index (κ2) is 5.79. The number of aromatic nitrogens is 5. The summed E-state index contributed by atoms with van der Waals surface area (Å²) < 4.78 is 14.8. The Bertz CT molecular complexity index is 774. The average molecular weight is 322 g/mol. The van der Waals surface area contributed by atoms with E-state index in [0.29, 0.717) is 16.8 Å². The Kier molecular flexibility index (Phi) is 3.85. The Balaban J connectivity index is 2.19. The normalized spacial score (nSPS) is 10.8. The van der Waals surface area contributed by atoms with E-state index in [0.717, 1.165) is 5.56 Å². The molecule has 0 aliphatic heterocycles. The lowest BCUT2D eigenvalue weighted by Gasteiger charge is -2.08. The Labute approximate surface area is 129 Å². The molecule has 3 aromatic rings. The minimum atomic E-state index is -0.306. The standard InChI is InChI=1S/C13H9ClFN5S/c1-21-13-19-18-11(8-2-4-9(15)5-3-8)20(13)10-6-7-16-12(14)17-10/h2-7H,1H3. The molecular formula is C13H9ClFN5S. The van der Waals surface area contributed by atoms with Crippen LogP contribution in [0.1, 0.15) is 0 Å². The van der Waals surface area contributed by atoms with Crippen LogP contribution in [0.25, 0.3) is 17.2 Å². The topological polar surface area (TPSA) is 56.5 Å². The van der Waals surface area contributed by atoms with Gasteiger partial charge in [0.05, 0.1) is 0 Å². The van der Waals surface area contributed by atoms with E-state index in [1.807, 2.05) is 6.26 Å². The van der Waals surface area contributed by atoms with Crippen molar-refractivity contribution in [3.05, 3.63) is 47.6 Å². The summed E-state index contributed by atoms with van der Waals surface area (Å²) in [7, 11) is 0. The van der Waals surface area contributed by atoms with Crippen LogP contribution < -0.4 is 0 Å². The van der Waals surface area contributed by atoms with Gasteiger partial charge in [0.15, 0.2) is 11.0 Å². The predicted octanol–water partition coefficient (Wildman–Crippen LogP) is 3.24. The first-order chi connectivity index (χ1) is 10.2. The van der Waals surface area contributed by atoms with Gasteiger partial charge in [-0.3, -0.25) is 4.57 Å². The molecule has 5 nitrogen and oxygen atoms in total. The zero-order valence-electron chi connectivity index (χ0n) is 10.9. The number of hydrogen-bond acceptors (Lipinski definition) is 5. The summed E-state index contributed by atoms with van der Waals surface area (Å²) in [6.45, 7) is 0. The fraction of sp³-hybridized carbons (Fsp3) is 0.0769. The smallest absolute Gasteiger partial charge is 0.224 e. The van der Waals surface area contributed by atoms with Crippen molar-refractivity contribution in [2.24, 2.45) is 0 Å². The van der Waals surface area contributed by atoms with Crippen molar-refractivity contribution in [1.29, 1.82) is 0 Å². The van der Waals surface area contributed by atoms with E-state index in [4.69, 9.17) is 11.6 Å². The molecule has 0 saturated heterocycles. The molecule has 2 heterocycles. The molecule has 3 rings (SSSR count). The number of halogens is 2. The van der Waals surface area contributed by atoms with Crippen LogP contribution >= 0.6 is 23.4 Å². The second-order valence-corrected chi connectivity index (χ2v) is 5.15. The summed E-state index contributed by atoms with van der Waals surface area (Å²) in [6, 6.07) is 7.74. The number of benzene rings is 1. The van der Waals surface area contributed by atoms with E-state index >= 15 is 0 Å². The van der Waals surface area contributed by atoms with Crippen molar-refractivity contribution in [1.82, 2.24) is 24.7 Å². The third-order valence-corrected chi connectivity index (χ3v) is 3.57. The van der Waals surface area contributed by atoms with Crippen molar-refractivity contribution < 1.29 is 4.39 Å². The highest BCUT2D eigenvalue weighted by Gasteiger charge is 2.16. The van der Waals surface area contributed by atoms with Gasteiger partial charge in [0.25, 0.3) is 0 Å². The maximum atomic E-state index is 13.1. The Morgan fingerprint density at radius 3 is 2.57 bits per heavy atom. The fourth-order valence-corrected chi connectivity index (χ4v) is 2.47. The van der Waals surface area contributed by atoms with Gasteiger partial charge in [0.2, 0.25) is 5.28 Å². The fourth-order valence-electron chi connectivity index (χ4n) is 1.85. The zero-order chi connectivity index (χ0) is 14.8. The first-order valence-electron chi connectivity index (χ1n) is 5.93. The molecule has 0 saturated carbocycles. The molecule has 0 bridgehead atoms. The summed E-state index contributed by atoms with van der Waals surface area (Å²) in [6.07, 6.45) is 3.45. The van der Waals surface area contributed by atoms with Gasteiger partial charge in [-0.05, 0) is 48.2 Å². The Morgan fingerprint density at radius 2 is 1.90 bits per heavy atom. The summed E-state index contributed by atoms with van der Waals surface area (Å²) in [4.78, 5) is 8.04. The minimum Gasteiger partial charge on any atom is -0.253 e. The van der Waals surface area contributed by atoms with Crippen LogP contribution in [0.2, 0.25) is 5.28 Å². The maximum Gasteiger partial charge on any atom is 0.224 e. The van der Waals surface area contributed by atoms with Crippen LogP contribution in [-0.2, 0) is 0 Å². The summed E-state index contributed by atoms with van der Waals surface area (Å²) in [5.41, 5.74) is 0.735. The molecule has 0 unspecified atom stereocenters. The van der Waals surface area contributed by atoms with E-state index in [1.165, 1.54) is 23.9 Å². The zero-order valence-corrected chi connectivity index (χ0v) is 12.4. The van der Waals surface area contributed by atoms with E-state index in [2.05, 4.69) is 20.2 Å². The highest BCUT2D eigenvalue weighted by Crippen LogP contribution is 2.26. The molecule has 0 amide bonds. The first-order valence-corrected chi connectivity index (χ1v) is 7.53. The highest BCUT2D eigenvalue weighted by molar-refractivity contribution is 7.98. The van der Waals surface area contributed by atoms with Crippen molar-refractivity contribution >= 4 is 23.4 Å². The molecule has 0 radical (unpaired) electrons. The van der Waals surface area contributed by atoms with Crippen LogP contribution in [0.15, 0.2) is 41.7 Å². The molecule has 0 spiro atoms. The minimum absolute atomic E-state index is 0.137. The van der Waals surface area contributed by atoms with E-state index in [1.54, 1.807) is 29.0 Å². The Hall–Kier alpha value is -1.99. The van der Waals surface area contributed by atoms with Gasteiger partial charge in [-0.2, -0.15) is 4.98 Å². The number of thioether (sulfide) groups is 1. The van der Waals surface area contributed by atoms with Crippen molar-refractivity contribution in [2.75, 3.05) is 6.26 Å². The highest BCUT2D eigenvalue weighted by atomic mass is 35.5. The van der Waals surface area contributed by atoms with Crippen LogP contribution in [-0.4, -0.2) is 31.0 Å². The van der Waals surface area contributed by atoms with Crippen LogP contribution in [0.4, 0.5) is 4.39 Å². The van der Waals surface area contributed by atoms with Gasteiger partial charge in [0, 0.05) is 11.8 Å².